The maximum Gasteiger partial charge on any atom is 0.338 e. The molecule has 0 spiro atoms. The van der Waals surface area contributed by atoms with Crippen molar-refractivity contribution >= 4 is 29.1 Å². The van der Waals surface area contributed by atoms with Crippen molar-refractivity contribution in [3.8, 4) is 11.5 Å². The van der Waals surface area contributed by atoms with Crippen molar-refractivity contribution in [2.75, 3.05) is 38.8 Å². The summed E-state index contributed by atoms with van der Waals surface area (Å²) in [5.74, 6) is 0.868. The number of carbonyl (C=O) groups is 1. The highest BCUT2D eigenvalue weighted by atomic mass is 32.1. The number of hydrogen-bond donors (Lipinski definition) is 0. The first-order chi connectivity index (χ1) is 18.4. The molecule has 0 bridgehead atoms. The van der Waals surface area contributed by atoms with Crippen molar-refractivity contribution < 1.29 is 19.0 Å². The van der Waals surface area contributed by atoms with E-state index in [4.69, 9.17) is 14.2 Å². The maximum absolute atomic E-state index is 13.9. The summed E-state index contributed by atoms with van der Waals surface area (Å²) < 4.78 is 18.4. The molecule has 2 aromatic carbocycles. The second-order valence-electron chi connectivity index (χ2n) is 8.67. The molecule has 38 heavy (non-hydrogen) atoms. The molecule has 1 aliphatic rings. The molecule has 1 aromatic heterocycles. The van der Waals surface area contributed by atoms with Gasteiger partial charge in [-0.2, -0.15) is 0 Å². The molecule has 0 saturated carbocycles. The quantitative estimate of drug-likeness (QED) is 0.389. The number of anilines is 1. The van der Waals surface area contributed by atoms with Crippen molar-refractivity contribution in [2.24, 2.45) is 4.99 Å². The molecular formula is C29H33N3O5S. The van der Waals surface area contributed by atoms with E-state index < -0.39 is 12.0 Å². The highest BCUT2D eigenvalue weighted by Crippen LogP contribution is 2.32. The lowest BCUT2D eigenvalue weighted by molar-refractivity contribution is -0.139. The first-order valence-electron chi connectivity index (χ1n) is 12.6. The van der Waals surface area contributed by atoms with Crippen LogP contribution in [-0.2, 0) is 9.53 Å². The van der Waals surface area contributed by atoms with Gasteiger partial charge in [0.2, 0.25) is 0 Å². The van der Waals surface area contributed by atoms with Crippen molar-refractivity contribution in [1.82, 2.24) is 4.57 Å². The van der Waals surface area contributed by atoms with Crippen LogP contribution in [0.5, 0.6) is 11.5 Å². The van der Waals surface area contributed by atoms with E-state index in [0.29, 0.717) is 32.1 Å². The number of methoxy groups -OCH3 is 2. The zero-order chi connectivity index (χ0) is 27.4. The number of thiazole rings is 1. The van der Waals surface area contributed by atoms with Crippen LogP contribution in [0.15, 0.2) is 63.5 Å². The number of hydrogen-bond acceptors (Lipinski definition) is 8. The number of esters is 1. The molecule has 1 aliphatic heterocycles. The van der Waals surface area contributed by atoms with Crippen LogP contribution < -0.4 is 29.3 Å². The molecule has 0 saturated heterocycles. The molecule has 0 amide bonds. The Kier molecular flexibility index (Phi) is 8.36. The van der Waals surface area contributed by atoms with Crippen molar-refractivity contribution in [2.45, 2.75) is 33.7 Å². The first kappa shape index (κ1) is 27.2. The summed E-state index contributed by atoms with van der Waals surface area (Å²) in [4.78, 5) is 34.3. The van der Waals surface area contributed by atoms with E-state index in [0.717, 1.165) is 29.9 Å². The van der Waals surface area contributed by atoms with Gasteiger partial charge >= 0.3 is 5.97 Å². The summed E-state index contributed by atoms with van der Waals surface area (Å²) in [5.41, 5.74) is 3.24. The van der Waals surface area contributed by atoms with Gasteiger partial charge in [-0.25, -0.2) is 9.79 Å². The van der Waals surface area contributed by atoms with Crippen LogP contribution in [0, 0.1) is 0 Å². The van der Waals surface area contributed by atoms with Crippen LogP contribution >= 0.6 is 11.3 Å². The molecule has 0 radical (unpaired) electrons. The predicted octanol–water partition coefficient (Wildman–Crippen LogP) is 3.66. The summed E-state index contributed by atoms with van der Waals surface area (Å²) in [6.07, 6.45) is 1.82. The summed E-state index contributed by atoms with van der Waals surface area (Å²) in [6.45, 7) is 9.72. The van der Waals surface area contributed by atoms with E-state index in [1.54, 1.807) is 32.6 Å². The number of aromatic nitrogens is 1. The molecule has 9 heteroatoms. The fraction of sp³-hybridized carbons (Fsp3) is 0.345. The Morgan fingerprint density at radius 3 is 2.39 bits per heavy atom. The van der Waals surface area contributed by atoms with Gasteiger partial charge in [0, 0.05) is 30.4 Å². The number of benzene rings is 2. The second kappa shape index (κ2) is 11.7. The van der Waals surface area contributed by atoms with Crippen LogP contribution in [0.2, 0.25) is 0 Å². The molecule has 4 rings (SSSR count). The Bertz CT molecular complexity index is 1530. The van der Waals surface area contributed by atoms with Crippen molar-refractivity contribution in [3.05, 3.63) is 84.5 Å². The van der Waals surface area contributed by atoms with Gasteiger partial charge in [0.15, 0.2) is 4.80 Å². The molecular weight excluding hydrogens is 502 g/mol. The van der Waals surface area contributed by atoms with Gasteiger partial charge in [-0.1, -0.05) is 23.5 Å². The standard InChI is InChI=1S/C29H33N3O5S/c1-7-31(8-2)21-13-10-20(23(17-21)36-6)16-24-27(33)32-26(19-11-14-22(35-5)15-12-19)25(28(34)37-9-3)18(4)30-29(32)38-24/h10-17,26H,7-9H2,1-6H3/b24-16-/t26-/m0/s1. The Labute approximate surface area is 226 Å². The lowest BCUT2D eigenvalue weighted by Gasteiger charge is -2.24. The third-order valence-electron chi connectivity index (χ3n) is 6.58. The van der Waals surface area contributed by atoms with Gasteiger partial charge in [-0.3, -0.25) is 9.36 Å². The Morgan fingerprint density at radius 1 is 1.08 bits per heavy atom. The minimum absolute atomic E-state index is 0.221. The topological polar surface area (TPSA) is 82.4 Å². The highest BCUT2D eigenvalue weighted by molar-refractivity contribution is 7.07. The average Bonchev–Trinajstić information content (AvgIpc) is 3.23. The number of carbonyl (C=O) groups excluding carboxylic acids is 1. The lowest BCUT2D eigenvalue weighted by atomic mass is 9.96. The molecule has 0 N–H and O–H groups in total. The van der Waals surface area contributed by atoms with Gasteiger partial charge in [0.25, 0.3) is 5.56 Å². The number of allylic oxidation sites excluding steroid dienone is 1. The molecule has 2 heterocycles. The van der Waals surface area contributed by atoms with Crippen molar-refractivity contribution in [1.29, 1.82) is 0 Å². The first-order valence-corrected chi connectivity index (χ1v) is 13.4. The Morgan fingerprint density at radius 2 is 1.79 bits per heavy atom. The van der Waals surface area contributed by atoms with Crippen LogP contribution in [0.3, 0.4) is 0 Å². The van der Waals surface area contributed by atoms with Gasteiger partial charge in [-0.15, -0.1) is 0 Å². The molecule has 8 nitrogen and oxygen atoms in total. The SMILES string of the molecule is CCOC(=O)C1=C(C)N=c2s/c(=C\c3ccc(N(CC)CC)cc3OC)c(=O)n2[C@H]1c1ccc(OC)cc1. The number of fused-ring (bicyclic) bond motifs is 1. The molecule has 0 fully saturated rings. The monoisotopic (exact) mass is 535 g/mol. The number of nitrogens with zero attached hydrogens (tertiary/aromatic N) is 3. The molecule has 200 valence electrons. The highest BCUT2D eigenvalue weighted by Gasteiger charge is 2.33. The van der Waals surface area contributed by atoms with Gasteiger partial charge in [0.1, 0.15) is 11.5 Å². The largest absolute Gasteiger partial charge is 0.497 e. The predicted molar refractivity (Wildman–Crippen MR) is 150 cm³/mol. The summed E-state index contributed by atoms with van der Waals surface area (Å²) in [5, 5.41) is 0. The molecule has 0 aliphatic carbocycles. The van der Waals surface area contributed by atoms with E-state index in [2.05, 4.69) is 23.7 Å². The minimum atomic E-state index is -0.676. The van der Waals surface area contributed by atoms with E-state index >= 15 is 0 Å². The normalized spacial score (nSPS) is 15.1. The summed E-state index contributed by atoms with van der Waals surface area (Å²) in [6, 6.07) is 12.6. The zero-order valence-corrected chi connectivity index (χ0v) is 23.4. The number of rotatable bonds is 9. The van der Waals surface area contributed by atoms with Crippen LogP contribution in [0.1, 0.15) is 44.9 Å². The lowest BCUT2D eigenvalue weighted by Crippen LogP contribution is -2.39. The van der Waals surface area contributed by atoms with E-state index in [1.807, 2.05) is 48.5 Å². The van der Waals surface area contributed by atoms with E-state index in [-0.39, 0.29) is 12.2 Å². The maximum atomic E-state index is 13.9. The van der Waals surface area contributed by atoms with Crippen LogP contribution in [0.25, 0.3) is 6.08 Å². The van der Waals surface area contributed by atoms with Gasteiger partial charge < -0.3 is 19.1 Å². The van der Waals surface area contributed by atoms with Crippen LogP contribution in [0.4, 0.5) is 5.69 Å². The van der Waals surface area contributed by atoms with Gasteiger partial charge in [0.05, 0.1) is 42.7 Å². The Balaban J connectivity index is 1.89. The fourth-order valence-electron chi connectivity index (χ4n) is 4.64. The van der Waals surface area contributed by atoms with Crippen molar-refractivity contribution in [3.63, 3.8) is 0 Å². The third kappa shape index (κ3) is 5.11. The average molecular weight is 536 g/mol. The molecule has 3 aromatic rings. The third-order valence-corrected chi connectivity index (χ3v) is 7.56. The number of ether oxygens (including phenoxy) is 3. The van der Waals surface area contributed by atoms with Crippen LogP contribution in [-0.4, -0.2) is 44.5 Å². The smallest absolute Gasteiger partial charge is 0.338 e. The van der Waals surface area contributed by atoms with E-state index in [1.165, 1.54) is 11.3 Å². The van der Waals surface area contributed by atoms with E-state index in [9.17, 15) is 9.59 Å². The molecule has 1 atom stereocenters. The fourth-order valence-corrected chi connectivity index (χ4v) is 5.68. The minimum Gasteiger partial charge on any atom is -0.497 e. The summed E-state index contributed by atoms with van der Waals surface area (Å²) in [7, 11) is 3.22. The van der Waals surface area contributed by atoms with Gasteiger partial charge in [-0.05, 0) is 63.6 Å². The zero-order valence-electron chi connectivity index (χ0n) is 22.6. The second-order valence-corrected chi connectivity index (χ2v) is 9.68. The summed E-state index contributed by atoms with van der Waals surface area (Å²) >= 11 is 1.28. The molecule has 0 unspecified atom stereocenters. The Hall–Kier alpha value is -3.85.